The third kappa shape index (κ3) is 7.01. The Hall–Kier alpha value is -2.21. The number of hydrogen-bond donors (Lipinski definition) is 0. The third-order valence-corrected chi connectivity index (χ3v) is 8.10. The van der Waals surface area contributed by atoms with Gasteiger partial charge < -0.3 is 24.2 Å². The molecule has 1 saturated heterocycles. The molecule has 2 aliphatic heterocycles. The van der Waals surface area contributed by atoms with Crippen LogP contribution in [-0.2, 0) is 28.9 Å². The Kier molecular flexibility index (Phi) is 8.77. The van der Waals surface area contributed by atoms with Crippen LogP contribution >= 0.6 is 0 Å². The molecule has 3 heterocycles. The molecule has 12 heteroatoms. The number of carbonyl (C=O) groups is 2. The minimum atomic E-state index is -4.57. The monoisotopic (exact) mass is 527 g/mol. The van der Waals surface area contributed by atoms with E-state index in [-0.39, 0.29) is 49.1 Å². The number of hydrogen-bond acceptors (Lipinski definition) is 6. The molecule has 1 aromatic heterocycles. The van der Waals surface area contributed by atoms with Gasteiger partial charge in [0.2, 0.25) is 17.6 Å². The minimum Gasteiger partial charge on any atom is -0.341 e. The second-order valence-electron chi connectivity index (χ2n) is 11.2. The molecule has 0 aromatic carbocycles. The molecule has 0 radical (unpaired) electrons. The van der Waals surface area contributed by atoms with Crippen molar-refractivity contribution in [1.29, 1.82) is 0 Å². The van der Waals surface area contributed by atoms with Gasteiger partial charge in [0.05, 0.1) is 6.54 Å². The quantitative estimate of drug-likeness (QED) is 0.517. The molecule has 37 heavy (non-hydrogen) atoms. The summed E-state index contributed by atoms with van der Waals surface area (Å²) in [5, 5.41) is 6.99. The lowest BCUT2D eigenvalue weighted by Gasteiger charge is -2.34. The molecular formula is C25H40F3N7O2. The number of rotatable bonds is 8. The van der Waals surface area contributed by atoms with E-state index in [1.807, 2.05) is 4.90 Å². The second-order valence-corrected chi connectivity index (χ2v) is 11.2. The molecule has 9 nitrogen and oxygen atoms in total. The summed E-state index contributed by atoms with van der Waals surface area (Å²) in [6.45, 7) is 5.64. The number of fused-ring (bicyclic) bond motifs is 1. The molecule has 0 unspecified atom stereocenters. The number of halogens is 3. The van der Waals surface area contributed by atoms with Crippen molar-refractivity contribution in [3.8, 4) is 0 Å². The molecule has 0 bridgehead atoms. The maximum atomic E-state index is 13.4. The van der Waals surface area contributed by atoms with Crippen molar-refractivity contribution in [3.63, 3.8) is 0 Å². The zero-order valence-corrected chi connectivity index (χ0v) is 22.1. The summed E-state index contributed by atoms with van der Waals surface area (Å²) in [4.78, 5) is 34.8. The first-order valence-corrected chi connectivity index (χ1v) is 13.5. The summed E-state index contributed by atoms with van der Waals surface area (Å²) >= 11 is 0. The summed E-state index contributed by atoms with van der Waals surface area (Å²) in [5.41, 5.74) is -0.367. The summed E-state index contributed by atoms with van der Waals surface area (Å²) in [7, 11) is 4.15. The topological polar surface area (TPSA) is 77.8 Å². The number of nitrogens with zero attached hydrogens (tertiary/aromatic N) is 7. The first-order chi connectivity index (χ1) is 17.6. The van der Waals surface area contributed by atoms with Gasteiger partial charge in [0.1, 0.15) is 0 Å². The van der Waals surface area contributed by atoms with Gasteiger partial charge in [0.15, 0.2) is 5.82 Å². The maximum Gasteiger partial charge on any atom is 0.451 e. The van der Waals surface area contributed by atoms with E-state index in [0.717, 1.165) is 75.8 Å². The smallest absolute Gasteiger partial charge is 0.341 e. The van der Waals surface area contributed by atoms with Gasteiger partial charge in [-0.05, 0) is 64.8 Å². The Bertz CT molecular complexity index is 943. The molecule has 0 N–H and O–H groups in total. The molecule has 4 rings (SSSR count). The van der Waals surface area contributed by atoms with Crippen LogP contribution in [0.3, 0.4) is 0 Å². The fraction of sp³-hybridized carbons (Fsp3) is 0.840. The lowest BCUT2D eigenvalue weighted by atomic mass is 9.78. The highest BCUT2D eigenvalue weighted by Crippen LogP contribution is 2.45. The summed E-state index contributed by atoms with van der Waals surface area (Å²) < 4.78 is 40.5. The number of amides is 2. The first kappa shape index (κ1) is 27.8. The van der Waals surface area contributed by atoms with Gasteiger partial charge in [-0.25, -0.2) is 0 Å². The van der Waals surface area contributed by atoms with Gasteiger partial charge in [-0.15, -0.1) is 10.2 Å². The predicted molar refractivity (Wildman–Crippen MR) is 131 cm³/mol. The summed E-state index contributed by atoms with van der Waals surface area (Å²) in [6, 6.07) is 0. The van der Waals surface area contributed by atoms with Crippen LogP contribution in [0.25, 0.3) is 0 Å². The molecule has 2 amide bonds. The van der Waals surface area contributed by atoms with Crippen LogP contribution in [0, 0.1) is 5.41 Å². The predicted octanol–water partition coefficient (Wildman–Crippen LogP) is 2.47. The average Bonchev–Trinajstić information content (AvgIpc) is 3.39. The van der Waals surface area contributed by atoms with E-state index in [9.17, 15) is 22.8 Å². The fourth-order valence-corrected chi connectivity index (χ4v) is 6.04. The van der Waals surface area contributed by atoms with Crippen molar-refractivity contribution in [1.82, 2.24) is 34.4 Å². The molecule has 3 aliphatic rings. The highest BCUT2D eigenvalue weighted by Gasteiger charge is 2.42. The van der Waals surface area contributed by atoms with Crippen molar-refractivity contribution in [3.05, 3.63) is 11.6 Å². The van der Waals surface area contributed by atoms with E-state index in [0.29, 0.717) is 13.0 Å². The van der Waals surface area contributed by atoms with Gasteiger partial charge in [-0.1, -0.05) is 12.8 Å². The third-order valence-electron chi connectivity index (χ3n) is 8.10. The van der Waals surface area contributed by atoms with Gasteiger partial charge in [0, 0.05) is 45.6 Å². The standard InChI is InChI=1S/C25H40F3N7O2/c1-31(2)9-5-10-32-11-6-12-33(14-13-32)21(36)17-24(7-3-4-8-24)18-22(37)34-15-16-35-20(19-34)29-30-23(35)25(26,27)28/h3-19H2,1-2H3. The Morgan fingerprint density at radius 2 is 1.57 bits per heavy atom. The molecule has 0 spiro atoms. The van der Waals surface area contributed by atoms with Crippen molar-refractivity contribution in [2.45, 2.75) is 70.6 Å². The molecule has 2 fully saturated rings. The van der Waals surface area contributed by atoms with Crippen molar-refractivity contribution < 1.29 is 22.8 Å². The number of aromatic nitrogens is 3. The fourth-order valence-electron chi connectivity index (χ4n) is 6.04. The van der Waals surface area contributed by atoms with Gasteiger partial charge in [-0.2, -0.15) is 13.2 Å². The van der Waals surface area contributed by atoms with Gasteiger partial charge in [-0.3, -0.25) is 9.59 Å². The molecule has 1 aromatic rings. The van der Waals surface area contributed by atoms with Crippen molar-refractivity contribution in [2.75, 3.05) is 59.9 Å². The molecule has 208 valence electrons. The Labute approximate surface area is 216 Å². The summed E-state index contributed by atoms with van der Waals surface area (Å²) in [5.74, 6) is -0.845. The van der Waals surface area contributed by atoms with Crippen molar-refractivity contribution in [2.24, 2.45) is 5.41 Å². The zero-order chi connectivity index (χ0) is 26.6. The van der Waals surface area contributed by atoms with E-state index in [1.54, 1.807) is 4.90 Å². The average molecular weight is 528 g/mol. The maximum absolute atomic E-state index is 13.4. The number of carbonyl (C=O) groups excluding carboxylic acids is 2. The second kappa shape index (κ2) is 11.7. The van der Waals surface area contributed by atoms with E-state index in [2.05, 4.69) is 34.1 Å². The molecular weight excluding hydrogens is 487 g/mol. The largest absolute Gasteiger partial charge is 0.451 e. The van der Waals surface area contributed by atoms with Crippen LogP contribution in [-0.4, -0.2) is 106 Å². The van der Waals surface area contributed by atoms with Crippen LogP contribution in [0.5, 0.6) is 0 Å². The molecule has 1 aliphatic carbocycles. The van der Waals surface area contributed by atoms with Crippen molar-refractivity contribution >= 4 is 11.8 Å². The lowest BCUT2D eigenvalue weighted by molar-refractivity contribution is -0.148. The highest BCUT2D eigenvalue weighted by molar-refractivity contribution is 5.80. The Morgan fingerprint density at radius 1 is 0.892 bits per heavy atom. The van der Waals surface area contributed by atoms with Crippen LogP contribution in [0.1, 0.15) is 63.0 Å². The van der Waals surface area contributed by atoms with Gasteiger partial charge in [0.25, 0.3) is 0 Å². The minimum absolute atomic E-state index is 0.0156. The lowest BCUT2D eigenvalue weighted by Crippen LogP contribution is -2.43. The molecule has 1 saturated carbocycles. The van der Waals surface area contributed by atoms with E-state index < -0.39 is 12.0 Å². The van der Waals surface area contributed by atoms with E-state index in [4.69, 9.17) is 0 Å². The van der Waals surface area contributed by atoms with Crippen LogP contribution < -0.4 is 0 Å². The van der Waals surface area contributed by atoms with Gasteiger partial charge >= 0.3 is 6.18 Å². The SMILES string of the molecule is CN(C)CCCN1CCCN(C(=O)CC2(CC(=O)N3CCn4c(nnc4C(F)(F)F)C3)CCCC2)CC1. The van der Waals surface area contributed by atoms with Crippen LogP contribution in [0.4, 0.5) is 13.2 Å². The highest BCUT2D eigenvalue weighted by atomic mass is 19.4. The Morgan fingerprint density at radius 3 is 2.24 bits per heavy atom. The normalized spacial score (nSPS) is 20.8. The first-order valence-electron chi connectivity index (χ1n) is 13.5. The van der Waals surface area contributed by atoms with E-state index >= 15 is 0 Å². The summed E-state index contributed by atoms with van der Waals surface area (Å²) in [6.07, 6.45) is 1.75. The van der Waals surface area contributed by atoms with E-state index in [1.165, 1.54) is 0 Å². The Balaban J connectivity index is 1.32. The number of alkyl halides is 3. The zero-order valence-electron chi connectivity index (χ0n) is 22.1. The van der Waals surface area contributed by atoms with Crippen LogP contribution in [0.2, 0.25) is 0 Å². The molecule has 0 atom stereocenters. The van der Waals surface area contributed by atoms with Crippen LogP contribution in [0.15, 0.2) is 0 Å².